The highest BCUT2D eigenvalue weighted by atomic mass is 16.3. The van der Waals surface area contributed by atoms with Gasteiger partial charge < -0.3 is 10.2 Å². The van der Waals surface area contributed by atoms with E-state index >= 15 is 0 Å². The lowest BCUT2D eigenvalue weighted by molar-refractivity contribution is -0.124. The topological polar surface area (TPSA) is 74.6 Å². The third-order valence-corrected chi connectivity index (χ3v) is 5.69. The third kappa shape index (κ3) is 7.00. The molecule has 0 aliphatic heterocycles. The van der Waals surface area contributed by atoms with Gasteiger partial charge in [-0.1, -0.05) is 63.3 Å². The van der Waals surface area contributed by atoms with Crippen molar-refractivity contribution in [3.63, 3.8) is 0 Å². The Balaban J connectivity index is 3.25. The Morgan fingerprint density at radius 3 is 2.00 bits per heavy atom. The quantitative estimate of drug-likeness (QED) is 0.358. The van der Waals surface area contributed by atoms with Crippen molar-refractivity contribution in [3.05, 3.63) is 46.5 Å². The summed E-state index contributed by atoms with van der Waals surface area (Å²) in [7, 11) is 0. The van der Waals surface area contributed by atoms with Gasteiger partial charge >= 0.3 is 0 Å². The predicted octanol–water partition coefficient (Wildman–Crippen LogP) is 6.94. The van der Waals surface area contributed by atoms with Crippen molar-refractivity contribution in [2.45, 2.75) is 87.0 Å². The number of aliphatic hydroxyl groups is 2. The molecule has 0 radical (unpaired) electrons. The molecule has 1 aliphatic rings. The number of hydrogen-bond acceptors (Lipinski definition) is 4. The lowest BCUT2D eigenvalue weighted by Crippen LogP contribution is -2.37. The summed E-state index contributed by atoms with van der Waals surface area (Å²) in [5.74, 6) is -0.601. The molecule has 4 nitrogen and oxygen atoms in total. The van der Waals surface area contributed by atoms with Crippen molar-refractivity contribution in [1.29, 1.82) is 0 Å². The van der Waals surface area contributed by atoms with Gasteiger partial charge in [0.2, 0.25) is 0 Å². The molecule has 0 fully saturated rings. The van der Waals surface area contributed by atoms with Gasteiger partial charge in [-0.25, -0.2) is 0 Å². The summed E-state index contributed by atoms with van der Waals surface area (Å²) in [6.07, 6.45) is 8.81. The monoisotopic (exact) mass is 416 g/mol. The maximum Gasteiger partial charge on any atom is 0.173 e. The Labute approximate surface area is 182 Å². The van der Waals surface area contributed by atoms with Crippen LogP contribution in [0.2, 0.25) is 0 Å². The molecule has 0 aromatic rings. The first kappa shape index (κ1) is 25.9. The minimum atomic E-state index is -1.24. The lowest BCUT2D eigenvalue weighted by atomic mass is 9.69. The molecular formula is C26H40O4. The Kier molecular flexibility index (Phi) is 9.80. The van der Waals surface area contributed by atoms with E-state index < -0.39 is 11.2 Å². The van der Waals surface area contributed by atoms with Crippen LogP contribution >= 0.6 is 0 Å². The molecule has 4 heteroatoms. The largest absolute Gasteiger partial charge is 0.510 e. The second kappa shape index (κ2) is 11.3. The number of carbonyl (C=O) groups is 2. The van der Waals surface area contributed by atoms with E-state index in [1.807, 2.05) is 46.8 Å². The Hall–Kier alpha value is -2.10. The number of Topliss-reactive ketones (excluding diaryl/α,β-unsaturated/α-hetero) is 1. The van der Waals surface area contributed by atoms with E-state index in [4.69, 9.17) is 0 Å². The molecule has 2 N–H and O–H groups in total. The van der Waals surface area contributed by atoms with E-state index in [1.165, 1.54) is 0 Å². The minimum Gasteiger partial charge on any atom is -0.510 e. The third-order valence-electron chi connectivity index (χ3n) is 5.69. The van der Waals surface area contributed by atoms with E-state index in [9.17, 15) is 19.8 Å². The van der Waals surface area contributed by atoms with Crippen LogP contribution in [-0.4, -0.2) is 21.8 Å². The van der Waals surface area contributed by atoms with Crippen molar-refractivity contribution in [3.8, 4) is 0 Å². The van der Waals surface area contributed by atoms with Gasteiger partial charge in [0.1, 0.15) is 11.5 Å². The molecule has 30 heavy (non-hydrogen) atoms. The van der Waals surface area contributed by atoms with Gasteiger partial charge in [0, 0.05) is 12.5 Å². The molecule has 1 atom stereocenters. The molecule has 0 heterocycles. The summed E-state index contributed by atoms with van der Waals surface area (Å²) in [6.45, 7) is 14.1. The van der Waals surface area contributed by atoms with Gasteiger partial charge in [0.05, 0.1) is 11.0 Å². The highest BCUT2D eigenvalue weighted by Gasteiger charge is 2.46. The molecule has 0 aromatic carbocycles. The summed E-state index contributed by atoms with van der Waals surface area (Å²) < 4.78 is 0. The summed E-state index contributed by atoms with van der Waals surface area (Å²) in [5.41, 5.74) is 0.719. The molecule has 0 amide bonds. The maximum atomic E-state index is 13.0. The fraction of sp³-hybridized carbons (Fsp3) is 0.615. The van der Waals surface area contributed by atoms with Crippen LogP contribution in [0.1, 0.15) is 87.0 Å². The first-order valence-electron chi connectivity index (χ1n) is 11.1. The molecule has 0 aromatic heterocycles. The molecule has 168 valence electrons. The fourth-order valence-corrected chi connectivity index (χ4v) is 3.72. The van der Waals surface area contributed by atoms with Crippen LogP contribution in [0.25, 0.3) is 0 Å². The predicted molar refractivity (Wildman–Crippen MR) is 123 cm³/mol. The van der Waals surface area contributed by atoms with Gasteiger partial charge in [-0.3, -0.25) is 9.59 Å². The first-order chi connectivity index (χ1) is 13.9. The lowest BCUT2D eigenvalue weighted by Gasteiger charge is -2.33. The van der Waals surface area contributed by atoms with Crippen molar-refractivity contribution in [2.24, 2.45) is 17.3 Å². The van der Waals surface area contributed by atoms with Crippen molar-refractivity contribution in [1.82, 2.24) is 0 Å². The van der Waals surface area contributed by atoms with Gasteiger partial charge in [0.15, 0.2) is 11.6 Å². The van der Waals surface area contributed by atoms with Crippen molar-refractivity contribution in [2.75, 3.05) is 0 Å². The zero-order chi connectivity index (χ0) is 23.1. The van der Waals surface area contributed by atoms with E-state index in [1.54, 1.807) is 0 Å². The van der Waals surface area contributed by atoms with Crippen LogP contribution in [0.15, 0.2) is 46.5 Å². The van der Waals surface area contributed by atoms with E-state index in [0.29, 0.717) is 5.92 Å². The van der Waals surface area contributed by atoms with E-state index in [-0.39, 0.29) is 48.1 Å². The number of allylic oxidation sites excluding steroid dienone is 7. The second-order valence-electron chi connectivity index (χ2n) is 9.73. The number of ketones is 2. The van der Waals surface area contributed by atoms with Crippen LogP contribution in [0.3, 0.4) is 0 Å². The highest BCUT2D eigenvalue weighted by molar-refractivity contribution is 6.08. The molecule has 1 rings (SSSR count). The Morgan fingerprint density at radius 1 is 1.00 bits per heavy atom. The SMILES string of the molecule is CC(C)=CCC1(CC=C(C)C)C(=O)C=C(O)C(C(=O)CC(C)CCCC(C)C)=C1O. The van der Waals surface area contributed by atoms with Crippen LogP contribution in [0.4, 0.5) is 0 Å². The summed E-state index contributed by atoms with van der Waals surface area (Å²) in [4.78, 5) is 26.0. The second-order valence-corrected chi connectivity index (χ2v) is 9.73. The first-order valence-corrected chi connectivity index (χ1v) is 11.1. The average molecular weight is 417 g/mol. The molecule has 0 spiro atoms. The van der Waals surface area contributed by atoms with Crippen LogP contribution in [-0.2, 0) is 9.59 Å². The molecular weight excluding hydrogens is 376 g/mol. The van der Waals surface area contributed by atoms with Crippen molar-refractivity contribution < 1.29 is 19.8 Å². The van der Waals surface area contributed by atoms with Crippen LogP contribution in [0.5, 0.6) is 0 Å². The van der Waals surface area contributed by atoms with Gasteiger partial charge in [-0.2, -0.15) is 0 Å². The number of aliphatic hydroxyl groups excluding tert-OH is 2. The van der Waals surface area contributed by atoms with Crippen LogP contribution < -0.4 is 0 Å². The summed E-state index contributed by atoms with van der Waals surface area (Å²) in [6, 6.07) is 0. The van der Waals surface area contributed by atoms with Gasteiger partial charge in [0.25, 0.3) is 0 Å². The summed E-state index contributed by atoms with van der Waals surface area (Å²) >= 11 is 0. The van der Waals surface area contributed by atoms with E-state index in [2.05, 4.69) is 13.8 Å². The molecule has 0 saturated carbocycles. The van der Waals surface area contributed by atoms with Crippen molar-refractivity contribution >= 4 is 11.6 Å². The van der Waals surface area contributed by atoms with Gasteiger partial charge in [-0.05, 0) is 52.4 Å². The smallest absolute Gasteiger partial charge is 0.173 e. The highest BCUT2D eigenvalue weighted by Crippen LogP contribution is 2.43. The zero-order valence-electron chi connectivity index (χ0n) is 19.8. The van der Waals surface area contributed by atoms with Gasteiger partial charge in [-0.15, -0.1) is 0 Å². The molecule has 0 saturated heterocycles. The number of carbonyl (C=O) groups excluding carboxylic acids is 2. The minimum absolute atomic E-state index is 0.0883. The molecule has 1 unspecified atom stereocenters. The average Bonchev–Trinajstić information content (AvgIpc) is 2.60. The fourth-order valence-electron chi connectivity index (χ4n) is 3.72. The summed E-state index contributed by atoms with van der Waals surface area (Å²) in [5, 5.41) is 21.6. The van der Waals surface area contributed by atoms with E-state index in [0.717, 1.165) is 36.5 Å². The Bertz CT molecular complexity index is 734. The molecule has 1 aliphatic carbocycles. The number of rotatable bonds is 11. The Morgan fingerprint density at radius 2 is 1.53 bits per heavy atom. The maximum absolute atomic E-state index is 13.0. The number of hydrogen-bond donors (Lipinski definition) is 2. The normalized spacial score (nSPS) is 16.9. The molecule has 0 bridgehead atoms. The standard InChI is InChI=1S/C26H40O4/c1-17(2)9-8-10-20(7)15-21(27)24-22(28)16-23(29)26(25(24)30,13-11-18(3)4)14-12-19(5)6/h11-12,16-17,20,28,30H,8-10,13-15H2,1-7H3. The van der Waals surface area contributed by atoms with Crippen LogP contribution in [0, 0.1) is 17.3 Å². The zero-order valence-corrected chi connectivity index (χ0v) is 19.8.